The zero-order valence-electron chi connectivity index (χ0n) is 22.6. The number of rotatable bonds is 12. The van der Waals surface area contributed by atoms with Gasteiger partial charge in [-0.3, -0.25) is 9.59 Å². The van der Waals surface area contributed by atoms with Gasteiger partial charge >= 0.3 is 6.18 Å². The maximum absolute atomic E-state index is 13.3. The lowest BCUT2D eigenvalue weighted by atomic mass is 10.1. The second-order valence-corrected chi connectivity index (χ2v) is 10.2. The number of alkyl halides is 3. The van der Waals surface area contributed by atoms with Crippen molar-refractivity contribution in [3.63, 3.8) is 0 Å². The van der Waals surface area contributed by atoms with Crippen LogP contribution in [0.4, 0.5) is 17.6 Å². The minimum atomic E-state index is -4.49. The molecule has 1 unspecified atom stereocenters. The Morgan fingerprint density at radius 1 is 1.10 bits per heavy atom. The van der Waals surface area contributed by atoms with Crippen LogP contribution >= 0.6 is 0 Å². The SMILES string of the molecule is C=C(/C=C\C(F)=C/C)[C@@H]1CC1NCCCC[C@H](NC(=O)c1ccc(C(F)(F)F)cc1)C(=O)N1CCN(C)CC1. The van der Waals surface area contributed by atoms with E-state index in [0.717, 1.165) is 62.3 Å². The highest BCUT2D eigenvalue weighted by Gasteiger charge is 2.37. The van der Waals surface area contributed by atoms with Gasteiger partial charge in [-0.15, -0.1) is 0 Å². The van der Waals surface area contributed by atoms with Crippen LogP contribution in [0.25, 0.3) is 0 Å². The van der Waals surface area contributed by atoms with E-state index in [9.17, 15) is 27.2 Å². The Morgan fingerprint density at radius 2 is 1.77 bits per heavy atom. The topological polar surface area (TPSA) is 64.7 Å². The summed E-state index contributed by atoms with van der Waals surface area (Å²) in [6, 6.07) is 3.51. The molecule has 2 aliphatic rings. The van der Waals surface area contributed by atoms with E-state index in [2.05, 4.69) is 22.1 Å². The first-order valence-corrected chi connectivity index (χ1v) is 13.4. The van der Waals surface area contributed by atoms with E-state index in [0.29, 0.717) is 25.9 Å². The Kier molecular flexibility index (Phi) is 10.9. The standard InChI is InChI=1S/C29H38F4N4O2/c1-4-23(30)13-8-20(2)24-19-26(24)34-14-6-5-7-25(28(39)37-17-15-36(3)16-18-37)35-27(38)21-9-11-22(12-10-21)29(31,32)33/h4,8-13,24-26,34H,2,5-7,14-19H2,1,3H3,(H,35,38)/b13-8-,23-4+/t24-,25-,26?/m0/s1. The molecule has 3 atom stereocenters. The summed E-state index contributed by atoms with van der Waals surface area (Å²) in [7, 11) is 1.98. The number of benzene rings is 1. The maximum atomic E-state index is 13.3. The van der Waals surface area contributed by atoms with Crippen LogP contribution in [0.3, 0.4) is 0 Å². The molecular formula is C29H38F4N4O2. The van der Waals surface area contributed by atoms with Gasteiger partial charge in [-0.25, -0.2) is 4.39 Å². The molecule has 1 aliphatic carbocycles. The molecule has 2 N–H and O–H groups in total. The molecule has 3 rings (SSSR count). The average molecular weight is 551 g/mol. The van der Waals surface area contributed by atoms with Crippen molar-refractivity contribution in [3.8, 4) is 0 Å². The molecule has 1 aromatic carbocycles. The van der Waals surface area contributed by atoms with Crippen LogP contribution in [0.15, 0.2) is 60.5 Å². The lowest BCUT2D eigenvalue weighted by molar-refractivity contribution is -0.137. The van der Waals surface area contributed by atoms with Crippen molar-refractivity contribution in [3.05, 3.63) is 71.6 Å². The lowest BCUT2D eigenvalue weighted by Crippen LogP contribution is -2.54. The highest BCUT2D eigenvalue weighted by atomic mass is 19.4. The van der Waals surface area contributed by atoms with Crippen molar-refractivity contribution in [2.45, 2.75) is 50.9 Å². The van der Waals surface area contributed by atoms with Crippen LogP contribution in [-0.4, -0.2) is 73.5 Å². The largest absolute Gasteiger partial charge is 0.416 e. The van der Waals surface area contributed by atoms with Gasteiger partial charge in [-0.2, -0.15) is 13.2 Å². The Balaban J connectivity index is 1.51. The Bertz CT molecular complexity index is 1060. The molecule has 39 heavy (non-hydrogen) atoms. The molecule has 2 fully saturated rings. The van der Waals surface area contributed by atoms with E-state index in [1.54, 1.807) is 17.9 Å². The number of likely N-dealkylation sites (N-methyl/N-ethyl adjacent to an activating group) is 1. The van der Waals surface area contributed by atoms with E-state index in [4.69, 9.17) is 0 Å². The number of nitrogens with one attached hydrogen (secondary N) is 2. The number of carbonyl (C=O) groups excluding carboxylic acids is 2. The predicted octanol–water partition coefficient (Wildman–Crippen LogP) is 4.71. The van der Waals surface area contributed by atoms with Crippen molar-refractivity contribution >= 4 is 11.8 Å². The third-order valence-electron chi connectivity index (χ3n) is 7.22. The summed E-state index contributed by atoms with van der Waals surface area (Å²) in [5, 5.41) is 6.22. The van der Waals surface area contributed by atoms with Gasteiger partial charge in [0.1, 0.15) is 11.9 Å². The average Bonchev–Trinajstić information content (AvgIpc) is 3.70. The molecule has 0 bridgehead atoms. The highest BCUT2D eigenvalue weighted by molar-refractivity contribution is 5.97. The Hall–Kier alpha value is -2.98. The molecule has 1 heterocycles. The number of amides is 2. The highest BCUT2D eigenvalue weighted by Crippen LogP contribution is 2.37. The molecule has 2 amide bonds. The van der Waals surface area contributed by atoms with Crippen LogP contribution in [0, 0.1) is 5.92 Å². The zero-order chi connectivity index (χ0) is 28.6. The second kappa shape index (κ2) is 13.9. The normalized spacial score (nSPS) is 21.2. The summed E-state index contributed by atoms with van der Waals surface area (Å²) in [5.74, 6) is -0.765. The van der Waals surface area contributed by atoms with Crippen LogP contribution in [0.1, 0.15) is 48.5 Å². The fourth-order valence-electron chi connectivity index (χ4n) is 4.55. The van der Waals surface area contributed by atoms with Gasteiger partial charge in [0.15, 0.2) is 0 Å². The molecule has 0 aromatic heterocycles. The Morgan fingerprint density at radius 3 is 2.38 bits per heavy atom. The first kappa shape index (κ1) is 30.6. The minimum absolute atomic E-state index is 0.0733. The van der Waals surface area contributed by atoms with Gasteiger partial charge in [0.25, 0.3) is 5.91 Å². The summed E-state index contributed by atoms with van der Waals surface area (Å²) in [6.45, 7) is 8.96. The molecule has 214 valence electrons. The van der Waals surface area contributed by atoms with Crippen LogP contribution in [0.5, 0.6) is 0 Å². The van der Waals surface area contributed by atoms with E-state index in [-0.39, 0.29) is 29.3 Å². The van der Waals surface area contributed by atoms with Crippen LogP contribution in [-0.2, 0) is 11.0 Å². The molecule has 6 nitrogen and oxygen atoms in total. The first-order valence-electron chi connectivity index (χ1n) is 13.4. The summed E-state index contributed by atoms with van der Waals surface area (Å²) < 4.78 is 51.9. The summed E-state index contributed by atoms with van der Waals surface area (Å²) >= 11 is 0. The van der Waals surface area contributed by atoms with Gasteiger partial charge in [0.05, 0.1) is 5.56 Å². The zero-order valence-corrected chi connectivity index (χ0v) is 22.6. The Labute approximate surface area is 227 Å². The van der Waals surface area contributed by atoms with Crippen molar-refractivity contribution in [1.82, 2.24) is 20.4 Å². The third kappa shape index (κ3) is 9.32. The van der Waals surface area contributed by atoms with Crippen LogP contribution < -0.4 is 10.6 Å². The lowest BCUT2D eigenvalue weighted by Gasteiger charge is -2.34. The van der Waals surface area contributed by atoms with Crippen LogP contribution in [0.2, 0.25) is 0 Å². The number of nitrogens with zero attached hydrogens (tertiary/aromatic N) is 2. The number of halogens is 4. The number of allylic oxidation sites excluding steroid dienone is 4. The maximum Gasteiger partial charge on any atom is 0.416 e. The summed E-state index contributed by atoms with van der Waals surface area (Å²) in [5.41, 5.74) is 0.122. The molecule has 0 radical (unpaired) electrons. The fraction of sp³-hybridized carbons (Fsp3) is 0.517. The number of carbonyl (C=O) groups is 2. The van der Waals surface area contributed by atoms with E-state index in [1.807, 2.05) is 7.05 Å². The number of hydrogen-bond acceptors (Lipinski definition) is 4. The van der Waals surface area contributed by atoms with Crippen molar-refractivity contribution in [2.75, 3.05) is 39.8 Å². The molecule has 1 aromatic rings. The quantitative estimate of drug-likeness (QED) is 0.225. The second-order valence-electron chi connectivity index (χ2n) is 10.2. The molecule has 10 heteroatoms. The number of unbranched alkanes of at least 4 members (excludes halogenated alkanes) is 1. The van der Waals surface area contributed by atoms with Crippen molar-refractivity contribution in [2.24, 2.45) is 5.92 Å². The van der Waals surface area contributed by atoms with E-state index < -0.39 is 23.7 Å². The molecule has 1 saturated heterocycles. The van der Waals surface area contributed by atoms with Gasteiger partial charge in [-0.05, 0) is 76.5 Å². The molecule has 1 aliphatic heterocycles. The van der Waals surface area contributed by atoms with Crippen molar-refractivity contribution < 1.29 is 27.2 Å². The molecule has 1 saturated carbocycles. The van der Waals surface area contributed by atoms with E-state index in [1.165, 1.54) is 12.2 Å². The van der Waals surface area contributed by atoms with Gasteiger partial charge in [0, 0.05) is 43.7 Å². The molecule has 0 spiro atoms. The number of hydrogen-bond donors (Lipinski definition) is 2. The summed E-state index contributed by atoms with van der Waals surface area (Å²) in [6.07, 6.45) is 2.83. The van der Waals surface area contributed by atoms with Crippen molar-refractivity contribution in [1.29, 1.82) is 0 Å². The fourth-order valence-corrected chi connectivity index (χ4v) is 4.55. The first-order chi connectivity index (χ1) is 18.5. The minimum Gasteiger partial charge on any atom is -0.340 e. The smallest absolute Gasteiger partial charge is 0.340 e. The van der Waals surface area contributed by atoms with E-state index >= 15 is 0 Å². The third-order valence-corrected chi connectivity index (χ3v) is 7.22. The van der Waals surface area contributed by atoms with Gasteiger partial charge in [0.2, 0.25) is 5.91 Å². The predicted molar refractivity (Wildman–Crippen MR) is 144 cm³/mol. The number of piperazine rings is 1. The van der Waals surface area contributed by atoms with Gasteiger partial charge in [-0.1, -0.05) is 24.3 Å². The monoisotopic (exact) mass is 550 g/mol. The molecular weight excluding hydrogens is 512 g/mol. The summed E-state index contributed by atoms with van der Waals surface area (Å²) in [4.78, 5) is 30.0. The van der Waals surface area contributed by atoms with Gasteiger partial charge < -0.3 is 20.4 Å².